The maximum atomic E-state index is 13.0. The fourth-order valence-corrected chi connectivity index (χ4v) is 11.5. The Kier molecular flexibility index (Phi) is 55.7. The molecule has 6 atom stereocenters. The van der Waals surface area contributed by atoms with Gasteiger partial charge in [0.15, 0.2) is 12.2 Å². The van der Waals surface area contributed by atoms with Crippen LogP contribution in [0.4, 0.5) is 0 Å². The average Bonchev–Trinajstić information content (AvgIpc) is 3.66. The average molecular weight is 1270 g/mol. The molecule has 510 valence electrons. The first kappa shape index (κ1) is 84.1. The number of aliphatic hydroxyl groups excluding tert-OH is 1. The molecule has 3 unspecified atom stereocenters. The molecule has 17 nitrogen and oxygen atoms in total. The van der Waals surface area contributed by atoms with Crippen molar-refractivity contribution in [2.24, 2.45) is 23.7 Å². The van der Waals surface area contributed by atoms with Gasteiger partial charge in [-0.2, -0.15) is 0 Å². The first-order chi connectivity index (χ1) is 41.1. The van der Waals surface area contributed by atoms with Crippen molar-refractivity contribution in [1.29, 1.82) is 0 Å². The molecule has 0 spiro atoms. The van der Waals surface area contributed by atoms with Gasteiger partial charge in [0, 0.05) is 25.7 Å². The maximum absolute atomic E-state index is 13.0. The number of unbranched alkanes of at least 4 members (excludes halogenated alkanes) is 29. The number of carbonyl (C=O) groups is 4. The maximum Gasteiger partial charge on any atom is 0.472 e. The van der Waals surface area contributed by atoms with Crippen LogP contribution in [0, 0.1) is 23.7 Å². The number of hydrogen-bond donors (Lipinski definition) is 3. The Morgan fingerprint density at radius 1 is 0.326 bits per heavy atom. The van der Waals surface area contributed by atoms with Gasteiger partial charge in [0.05, 0.1) is 26.4 Å². The van der Waals surface area contributed by atoms with Crippen molar-refractivity contribution >= 4 is 39.5 Å². The molecule has 0 aromatic carbocycles. The van der Waals surface area contributed by atoms with Crippen LogP contribution in [-0.2, 0) is 65.4 Å². The van der Waals surface area contributed by atoms with Crippen molar-refractivity contribution in [2.45, 2.75) is 343 Å². The van der Waals surface area contributed by atoms with Crippen molar-refractivity contribution in [2.75, 3.05) is 39.6 Å². The number of phosphoric ester groups is 2. The molecular weight excluding hydrogens is 1140 g/mol. The second kappa shape index (κ2) is 57.0. The van der Waals surface area contributed by atoms with Gasteiger partial charge in [-0.05, 0) is 49.4 Å². The number of rotatable bonds is 64. The van der Waals surface area contributed by atoms with Gasteiger partial charge in [-0.3, -0.25) is 37.3 Å². The molecular formula is C67H130O17P2. The zero-order valence-electron chi connectivity index (χ0n) is 55.9. The van der Waals surface area contributed by atoms with E-state index in [1.54, 1.807) is 0 Å². The number of aliphatic hydroxyl groups is 1. The van der Waals surface area contributed by atoms with Crippen LogP contribution in [-0.4, -0.2) is 96.7 Å². The summed E-state index contributed by atoms with van der Waals surface area (Å²) in [6.45, 7) is 14.0. The van der Waals surface area contributed by atoms with E-state index in [9.17, 15) is 43.2 Å². The standard InChI is InChI=1S/C67H130O17P2/c1-9-60(8)46-38-30-24-26-32-40-48-65(70)78-54-63(84-67(72)50-42-34-22-18-14-13-16-20-28-36-44-58(4)5)56-82-86(75,76)80-52-61(68)51-79-85(73,74)81-55-62(53-77-64(69)47-39-31-25-23-29-37-45-59(6)7)83-66(71)49-41-33-21-17-12-10-11-15-19-27-35-43-57(2)3/h57-63,68H,9-56H2,1-8H3,(H,73,74)(H,75,76)/t60?,61-,62+,63+/m0/s1. The zero-order chi connectivity index (χ0) is 63.9. The van der Waals surface area contributed by atoms with Crippen LogP contribution in [0.25, 0.3) is 0 Å². The summed E-state index contributed by atoms with van der Waals surface area (Å²) in [7, 11) is -9.90. The summed E-state index contributed by atoms with van der Waals surface area (Å²) in [5.41, 5.74) is 0. The van der Waals surface area contributed by atoms with Gasteiger partial charge in [0.2, 0.25) is 0 Å². The van der Waals surface area contributed by atoms with E-state index >= 15 is 0 Å². The Labute approximate surface area is 524 Å². The van der Waals surface area contributed by atoms with Crippen molar-refractivity contribution in [3.63, 3.8) is 0 Å². The van der Waals surface area contributed by atoms with E-state index < -0.39 is 97.5 Å². The van der Waals surface area contributed by atoms with Crippen LogP contribution in [0.1, 0.15) is 325 Å². The van der Waals surface area contributed by atoms with E-state index in [1.807, 2.05) is 0 Å². The minimum Gasteiger partial charge on any atom is -0.462 e. The quantitative estimate of drug-likeness (QED) is 0.0222. The highest BCUT2D eigenvalue weighted by atomic mass is 31.2. The molecule has 0 saturated carbocycles. The summed E-state index contributed by atoms with van der Waals surface area (Å²) < 4.78 is 68.1. The molecule has 0 fully saturated rings. The normalized spacial score (nSPS) is 14.7. The monoisotopic (exact) mass is 1270 g/mol. The van der Waals surface area contributed by atoms with Gasteiger partial charge in [0.1, 0.15) is 19.3 Å². The first-order valence-electron chi connectivity index (χ1n) is 34.7. The number of ether oxygens (including phenoxy) is 4. The molecule has 19 heteroatoms. The van der Waals surface area contributed by atoms with Gasteiger partial charge in [-0.1, -0.05) is 274 Å². The largest absolute Gasteiger partial charge is 0.472 e. The van der Waals surface area contributed by atoms with E-state index in [0.29, 0.717) is 31.6 Å². The van der Waals surface area contributed by atoms with E-state index in [0.717, 1.165) is 120 Å². The molecule has 0 aliphatic carbocycles. The molecule has 0 bridgehead atoms. The summed E-state index contributed by atoms with van der Waals surface area (Å²) in [6, 6.07) is 0. The third kappa shape index (κ3) is 59.7. The summed E-state index contributed by atoms with van der Waals surface area (Å²) >= 11 is 0. The van der Waals surface area contributed by atoms with Gasteiger partial charge in [-0.15, -0.1) is 0 Å². The number of phosphoric acid groups is 2. The Bertz CT molecular complexity index is 1720. The van der Waals surface area contributed by atoms with Crippen LogP contribution in [0.5, 0.6) is 0 Å². The smallest absolute Gasteiger partial charge is 0.462 e. The van der Waals surface area contributed by atoms with Crippen LogP contribution >= 0.6 is 15.6 Å². The van der Waals surface area contributed by atoms with E-state index in [2.05, 4.69) is 55.4 Å². The predicted octanol–water partition coefficient (Wildman–Crippen LogP) is 18.5. The molecule has 0 rings (SSSR count). The van der Waals surface area contributed by atoms with Gasteiger partial charge < -0.3 is 33.8 Å². The molecule has 86 heavy (non-hydrogen) atoms. The Hall–Kier alpha value is -1.94. The summed E-state index contributed by atoms with van der Waals surface area (Å²) in [5, 5.41) is 10.6. The van der Waals surface area contributed by atoms with Crippen molar-refractivity contribution in [3.8, 4) is 0 Å². The lowest BCUT2D eigenvalue weighted by Gasteiger charge is -2.21. The lowest BCUT2D eigenvalue weighted by Crippen LogP contribution is -2.30. The minimum atomic E-state index is -4.95. The highest BCUT2D eigenvalue weighted by molar-refractivity contribution is 7.47. The van der Waals surface area contributed by atoms with Gasteiger partial charge in [-0.25, -0.2) is 9.13 Å². The topological polar surface area (TPSA) is 237 Å². The molecule has 0 aliphatic heterocycles. The van der Waals surface area contributed by atoms with Crippen LogP contribution < -0.4 is 0 Å². The zero-order valence-corrected chi connectivity index (χ0v) is 57.7. The lowest BCUT2D eigenvalue weighted by atomic mass is 10.00. The Morgan fingerprint density at radius 2 is 0.558 bits per heavy atom. The van der Waals surface area contributed by atoms with Crippen molar-refractivity contribution in [3.05, 3.63) is 0 Å². The van der Waals surface area contributed by atoms with E-state index in [4.69, 9.17) is 37.0 Å². The Balaban J connectivity index is 5.25. The second-order valence-electron chi connectivity index (χ2n) is 25.9. The van der Waals surface area contributed by atoms with Crippen molar-refractivity contribution in [1.82, 2.24) is 0 Å². The summed E-state index contributed by atoms with van der Waals surface area (Å²) in [6.07, 6.45) is 37.7. The van der Waals surface area contributed by atoms with E-state index in [1.165, 1.54) is 116 Å². The third-order valence-corrected chi connectivity index (χ3v) is 17.6. The highest BCUT2D eigenvalue weighted by Gasteiger charge is 2.30. The summed E-state index contributed by atoms with van der Waals surface area (Å²) in [4.78, 5) is 72.3. The molecule has 0 aromatic heterocycles. The SMILES string of the molecule is CCC(C)CCCCCCCCC(=O)OC[C@H](COP(=O)(O)OC[C@@H](O)COP(=O)(O)OC[C@@H](COC(=O)CCCCCCCCC(C)C)OC(=O)CCCCCCCCCCCCCC(C)C)OC(=O)CCCCCCCCCCCCC(C)C. The lowest BCUT2D eigenvalue weighted by molar-refractivity contribution is -0.161. The molecule has 3 N–H and O–H groups in total. The second-order valence-corrected chi connectivity index (χ2v) is 28.8. The molecule has 0 aromatic rings. The molecule has 0 saturated heterocycles. The van der Waals surface area contributed by atoms with E-state index in [-0.39, 0.29) is 25.7 Å². The fraction of sp³-hybridized carbons (Fsp3) is 0.940. The number of hydrogen-bond acceptors (Lipinski definition) is 15. The molecule has 0 radical (unpaired) electrons. The first-order valence-corrected chi connectivity index (χ1v) is 37.7. The van der Waals surface area contributed by atoms with Crippen LogP contribution in [0.2, 0.25) is 0 Å². The minimum absolute atomic E-state index is 0.104. The molecule has 0 aliphatic rings. The number of carbonyl (C=O) groups excluding carboxylic acids is 4. The molecule has 0 heterocycles. The fourth-order valence-electron chi connectivity index (χ4n) is 9.93. The predicted molar refractivity (Wildman–Crippen MR) is 344 cm³/mol. The third-order valence-electron chi connectivity index (χ3n) is 15.7. The van der Waals surface area contributed by atoms with Gasteiger partial charge in [0.25, 0.3) is 0 Å². The highest BCUT2D eigenvalue weighted by Crippen LogP contribution is 2.45. The van der Waals surface area contributed by atoms with Crippen LogP contribution in [0.3, 0.4) is 0 Å². The van der Waals surface area contributed by atoms with Gasteiger partial charge >= 0.3 is 39.5 Å². The Morgan fingerprint density at radius 3 is 0.826 bits per heavy atom. The number of esters is 4. The molecule has 0 amide bonds. The summed E-state index contributed by atoms with van der Waals surface area (Å²) in [5.74, 6) is 0.791. The van der Waals surface area contributed by atoms with Crippen LogP contribution in [0.15, 0.2) is 0 Å². The van der Waals surface area contributed by atoms with Crippen molar-refractivity contribution < 1.29 is 80.2 Å².